The molecule has 6 heteroatoms. The van der Waals surface area contributed by atoms with E-state index >= 15 is 0 Å². The molecule has 20 heavy (non-hydrogen) atoms. The van der Waals surface area contributed by atoms with Crippen molar-refractivity contribution in [2.24, 2.45) is 0 Å². The number of hydrogen-bond acceptors (Lipinski definition) is 4. The van der Waals surface area contributed by atoms with Crippen molar-refractivity contribution in [2.75, 3.05) is 18.4 Å². The molecule has 1 aliphatic rings. The molecule has 2 aromatic heterocycles. The zero-order chi connectivity index (χ0) is 13.8. The Morgan fingerprint density at radius 3 is 2.90 bits per heavy atom. The van der Waals surface area contributed by atoms with Gasteiger partial charge in [0.15, 0.2) is 5.82 Å². The summed E-state index contributed by atoms with van der Waals surface area (Å²) in [4.78, 5) is 12.3. The molecule has 1 saturated heterocycles. The molecular formula is C14H17N5O. The highest BCUT2D eigenvalue weighted by molar-refractivity contribution is 6.02. The van der Waals surface area contributed by atoms with Gasteiger partial charge in [0.2, 0.25) is 0 Å². The van der Waals surface area contributed by atoms with Crippen LogP contribution in [0.5, 0.6) is 0 Å². The van der Waals surface area contributed by atoms with Gasteiger partial charge >= 0.3 is 0 Å². The number of nitrogens with one attached hydrogen (secondary N) is 2. The Morgan fingerprint density at radius 2 is 2.15 bits per heavy atom. The van der Waals surface area contributed by atoms with E-state index in [9.17, 15) is 4.79 Å². The van der Waals surface area contributed by atoms with E-state index < -0.39 is 0 Å². The fraction of sp³-hybridized carbons (Fsp3) is 0.357. The first-order valence-corrected chi connectivity index (χ1v) is 6.81. The summed E-state index contributed by atoms with van der Waals surface area (Å²) < 4.78 is 2.06. The number of anilines is 1. The first-order valence-electron chi connectivity index (χ1n) is 6.81. The van der Waals surface area contributed by atoms with Gasteiger partial charge in [0, 0.05) is 18.4 Å². The topological polar surface area (TPSA) is 71.8 Å². The highest BCUT2D eigenvalue weighted by Gasteiger charge is 2.20. The molecule has 1 amide bonds. The summed E-state index contributed by atoms with van der Waals surface area (Å²) in [7, 11) is 0. The van der Waals surface area contributed by atoms with Crippen molar-refractivity contribution in [3.05, 3.63) is 42.4 Å². The van der Waals surface area contributed by atoms with E-state index in [4.69, 9.17) is 0 Å². The summed E-state index contributed by atoms with van der Waals surface area (Å²) in [5.74, 6) is 0.324. The van der Waals surface area contributed by atoms with Crippen LogP contribution in [0.15, 0.2) is 36.7 Å². The lowest BCUT2D eigenvalue weighted by molar-refractivity contribution is 0.101. The molecule has 0 bridgehead atoms. The predicted molar refractivity (Wildman–Crippen MR) is 75.6 cm³/mol. The molecule has 0 aliphatic carbocycles. The zero-order valence-electron chi connectivity index (χ0n) is 11.1. The van der Waals surface area contributed by atoms with E-state index in [-0.39, 0.29) is 5.91 Å². The van der Waals surface area contributed by atoms with Crippen molar-refractivity contribution in [2.45, 2.75) is 18.9 Å². The summed E-state index contributed by atoms with van der Waals surface area (Å²) in [6.45, 7) is 1.99. The number of carbonyl (C=O) groups is 1. The highest BCUT2D eigenvalue weighted by Crippen LogP contribution is 2.21. The van der Waals surface area contributed by atoms with Gasteiger partial charge in [0.25, 0.3) is 5.91 Å². The predicted octanol–water partition coefficient (Wildman–Crippen LogP) is 1.45. The number of nitrogens with zero attached hydrogens (tertiary/aromatic N) is 3. The molecule has 0 radical (unpaired) electrons. The van der Waals surface area contributed by atoms with Gasteiger partial charge in [-0.2, -0.15) is 5.10 Å². The van der Waals surface area contributed by atoms with Crippen LogP contribution in [-0.4, -0.2) is 33.8 Å². The van der Waals surface area contributed by atoms with Crippen LogP contribution in [0, 0.1) is 0 Å². The SMILES string of the molecule is O=C(Nc1cccnn1)c1cccn1C1CCNCC1. The van der Waals surface area contributed by atoms with Gasteiger partial charge in [0.1, 0.15) is 5.69 Å². The molecular weight excluding hydrogens is 254 g/mol. The highest BCUT2D eigenvalue weighted by atomic mass is 16.2. The third kappa shape index (κ3) is 2.70. The van der Waals surface area contributed by atoms with Gasteiger partial charge in [-0.3, -0.25) is 4.79 Å². The molecule has 2 aromatic rings. The molecule has 0 aromatic carbocycles. The lowest BCUT2D eigenvalue weighted by Crippen LogP contribution is -2.31. The first kappa shape index (κ1) is 12.8. The summed E-state index contributed by atoms with van der Waals surface area (Å²) in [6, 6.07) is 7.60. The minimum Gasteiger partial charge on any atom is -0.340 e. The van der Waals surface area contributed by atoms with Crippen molar-refractivity contribution in [3.8, 4) is 0 Å². The number of amides is 1. The molecule has 1 fully saturated rings. The molecule has 0 spiro atoms. The first-order chi connectivity index (χ1) is 9.84. The van der Waals surface area contributed by atoms with Crippen molar-refractivity contribution < 1.29 is 4.79 Å². The number of hydrogen-bond donors (Lipinski definition) is 2. The fourth-order valence-corrected chi connectivity index (χ4v) is 2.54. The average molecular weight is 271 g/mol. The lowest BCUT2D eigenvalue weighted by Gasteiger charge is -2.25. The van der Waals surface area contributed by atoms with E-state index in [1.165, 1.54) is 0 Å². The van der Waals surface area contributed by atoms with Crippen molar-refractivity contribution in [1.29, 1.82) is 0 Å². The molecule has 3 rings (SSSR count). The van der Waals surface area contributed by atoms with Gasteiger partial charge in [-0.15, -0.1) is 5.10 Å². The largest absolute Gasteiger partial charge is 0.340 e. The van der Waals surface area contributed by atoms with Crippen LogP contribution in [0.4, 0.5) is 5.82 Å². The Kier molecular flexibility index (Phi) is 3.73. The summed E-state index contributed by atoms with van der Waals surface area (Å²) >= 11 is 0. The van der Waals surface area contributed by atoms with Crippen molar-refractivity contribution >= 4 is 11.7 Å². The second kappa shape index (κ2) is 5.83. The van der Waals surface area contributed by atoms with Crippen LogP contribution in [0.3, 0.4) is 0 Å². The third-order valence-electron chi connectivity index (χ3n) is 3.53. The quantitative estimate of drug-likeness (QED) is 0.886. The second-order valence-electron chi connectivity index (χ2n) is 4.84. The molecule has 6 nitrogen and oxygen atoms in total. The lowest BCUT2D eigenvalue weighted by atomic mass is 10.1. The summed E-state index contributed by atoms with van der Waals surface area (Å²) in [5, 5.41) is 13.7. The van der Waals surface area contributed by atoms with Gasteiger partial charge in [-0.1, -0.05) is 0 Å². The number of carbonyl (C=O) groups excluding carboxylic acids is 1. The Hall–Kier alpha value is -2.21. The van der Waals surface area contributed by atoms with Crippen LogP contribution >= 0.6 is 0 Å². The van der Waals surface area contributed by atoms with E-state index in [0.29, 0.717) is 17.6 Å². The molecule has 104 valence electrons. The molecule has 0 unspecified atom stereocenters. The van der Waals surface area contributed by atoms with E-state index in [2.05, 4.69) is 25.4 Å². The number of rotatable bonds is 3. The van der Waals surface area contributed by atoms with Crippen LogP contribution in [0.1, 0.15) is 29.4 Å². The van der Waals surface area contributed by atoms with Gasteiger partial charge in [-0.25, -0.2) is 0 Å². The van der Waals surface area contributed by atoms with Crippen LogP contribution in [0.2, 0.25) is 0 Å². The molecule has 1 aliphatic heterocycles. The number of piperidine rings is 1. The monoisotopic (exact) mass is 271 g/mol. The standard InChI is InChI=1S/C14H17N5O/c20-14(17-13-4-1-7-16-18-13)12-3-2-10-19(12)11-5-8-15-9-6-11/h1-4,7,10-11,15H,5-6,8-9H2,(H,17,18,20). The smallest absolute Gasteiger partial charge is 0.273 e. The maximum Gasteiger partial charge on any atom is 0.273 e. The Labute approximate surface area is 117 Å². The zero-order valence-corrected chi connectivity index (χ0v) is 11.1. The molecule has 3 heterocycles. The Morgan fingerprint density at radius 1 is 1.30 bits per heavy atom. The third-order valence-corrected chi connectivity index (χ3v) is 3.53. The van der Waals surface area contributed by atoms with Crippen molar-refractivity contribution in [3.63, 3.8) is 0 Å². The van der Waals surface area contributed by atoms with Crippen molar-refractivity contribution in [1.82, 2.24) is 20.1 Å². The molecule has 2 N–H and O–H groups in total. The van der Waals surface area contributed by atoms with Gasteiger partial charge < -0.3 is 15.2 Å². The molecule has 0 saturated carbocycles. The minimum atomic E-state index is -0.144. The average Bonchev–Trinajstić information content (AvgIpc) is 2.99. The summed E-state index contributed by atoms with van der Waals surface area (Å²) in [6.07, 6.45) is 5.63. The fourth-order valence-electron chi connectivity index (χ4n) is 2.54. The van der Waals surface area contributed by atoms with E-state index in [1.807, 2.05) is 18.3 Å². The maximum absolute atomic E-state index is 12.3. The maximum atomic E-state index is 12.3. The summed E-state index contributed by atoms with van der Waals surface area (Å²) in [5.41, 5.74) is 0.669. The Bertz CT molecular complexity index is 574. The normalized spacial score (nSPS) is 16.0. The van der Waals surface area contributed by atoms with Crippen LogP contribution < -0.4 is 10.6 Å². The second-order valence-corrected chi connectivity index (χ2v) is 4.84. The van der Waals surface area contributed by atoms with Gasteiger partial charge in [0.05, 0.1) is 0 Å². The number of aromatic nitrogens is 3. The van der Waals surface area contributed by atoms with Gasteiger partial charge in [-0.05, 0) is 50.2 Å². The van der Waals surface area contributed by atoms with Crippen LogP contribution in [0.25, 0.3) is 0 Å². The van der Waals surface area contributed by atoms with E-state index in [1.54, 1.807) is 18.3 Å². The van der Waals surface area contributed by atoms with Crippen LogP contribution in [-0.2, 0) is 0 Å². The molecule has 0 atom stereocenters. The Balaban J connectivity index is 1.77. The minimum absolute atomic E-state index is 0.144. The van der Waals surface area contributed by atoms with E-state index in [0.717, 1.165) is 25.9 Å².